The van der Waals surface area contributed by atoms with Gasteiger partial charge in [-0.1, -0.05) is 25.0 Å². The van der Waals surface area contributed by atoms with E-state index in [-0.39, 0.29) is 6.04 Å². The van der Waals surface area contributed by atoms with Crippen molar-refractivity contribution in [1.82, 2.24) is 5.32 Å². The molecule has 0 saturated heterocycles. The van der Waals surface area contributed by atoms with Gasteiger partial charge < -0.3 is 5.32 Å². The minimum absolute atomic E-state index is 0.239. The van der Waals surface area contributed by atoms with Crippen LogP contribution in [0, 0.1) is 12.3 Å². The summed E-state index contributed by atoms with van der Waals surface area (Å²) >= 11 is 0. The van der Waals surface area contributed by atoms with Gasteiger partial charge in [-0.05, 0) is 30.7 Å². The first-order chi connectivity index (χ1) is 7.99. The van der Waals surface area contributed by atoms with Crippen molar-refractivity contribution >= 4 is 9.84 Å². The second-order valence-electron chi connectivity index (χ2n) is 3.90. The molecule has 0 aliphatic heterocycles. The summed E-state index contributed by atoms with van der Waals surface area (Å²) in [7, 11) is -3.18. The maximum absolute atomic E-state index is 11.4. The van der Waals surface area contributed by atoms with Crippen LogP contribution >= 0.6 is 0 Å². The molecule has 0 aliphatic rings. The predicted molar refractivity (Wildman–Crippen MR) is 69.4 cm³/mol. The summed E-state index contributed by atoms with van der Waals surface area (Å²) in [5, 5.41) is 3.18. The summed E-state index contributed by atoms with van der Waals surface area (Å²) in [5.41, 5.74) is 0.809. The molecule has 0 aliphatic carbocycles. The molecule has 0 radical (unpaired) electrons. The van der Waals surface area contributed by atoms with E-state index in [1.165, 1.54) is 6.26 Å². The summed E-state index contributed by atoms with van der Waals surface area (Å²) in [6.45, 7) is 2.85. The van der Waals surface area contributed by atoms with E-state index in [1.807, 2.05) is 13.0 Å². The van der Waals surface area contributed by atoms with E-state index in [0.29, 0.717) is 4.90 Å². The fraction of sp³-hybridized carbons (Fsp3) is 0.385. The second-order valence-corrected chi connectivity index (χ2v) is 5.91. The number of nitrogens with one attached hydrogen (secondary N) is 1. The van der Waals surface area contributed by atoms with Gasteiger partial charge >= 0.3 is 0 Å². The van der Waals surface area contributed by atoms with Gasteiger partial charge in [-0.15, -0.1) is 6.42 Å². The molecule has 0 saturated carbocycles. The number of rotatable bonds is 5. The van der Waals surface area contributed by atoms with Crippen molar-refractivity contribution in [2.75, 3.05) is 12.8 Å². The Kier molecular flexibility index (Phi) is 4.73. The van der Waals surface area contributed by atoms with E-state index < -0.39 is 9.84 Å². The second kappa shape index (κ2) is 5.85. The molecular formula is C13H17NO2S. The fourth-order valence-electron chi connectivity index (χ4n) is 1.49. The van der Waals surface area contributed by atoms with Gasteiger partial charge in [0.2, 0.25) is 0 Å². The van der Waals surface area contributed by atoms with Crippen LogP contribution in [-0.2, 0) is 9.84 Å². The Hall–Kier alpha value is -1.31. The van der Waals surface area contributed by atoms with Gasteiger partial charge in [0.15, 0.2) is 9.84 Å². The maximum Gasteiger partial charge on any atom is 0.175 e. The summed E-state index contributed by atoms with van der Waals surface area (Å²) < 4.78 is 22.9. The third kappa shape index (κ3) is 3.88. The van der Waals surface area contributed by atoms with Crippen LogP contribution in [0.5, 0.6) is 0 Å². The molecule has 1 N–H and O–H groups in total. The van der Waals surface area contributed by atoms with Gasteiger partial charge in [-0.2, -0.15) is 0 Å². The molecule has 0 bridgehead atoms. The van der Waals surface area contributed by atoms with Crippen molar-refractivity contribution in [3.63, 3.8) is 0 Å². The SMILES string of the molecule is C#CC(NCCC)c1cccc(S(C)(=O)=O)c1. The van der Waals surface area contributed by atoms with Crippen LogP contribution in [0.1, 0.15) is 24.9 Å². The normalized spacial score (nSPS) is 13.0. The fourth-order valence-corrected chi connectivity index (χ4v) is 2.16. The van der Waals surface area contributed by atoms with Gasteiger partial charge in [0, 0.05) is 6.26 Å². The van der Waals surface area contributed by atoms with Crippen LogP contribution in [0.15, 0.2) is 29.2 Å². The van der Waals surface area contributed by atoms with E-state index in [2.05, 4.69) is 11.2 Å². The highest BCUT2D eigenvalue weighted by molar-refractivity contribution is 7.90. The predicted octanol–water partition coefficient (Wildman–Crippen LogP) is 1.76. The quantitative estimate of drug-likeness (QED) is 0.811. The minimum atomic E-state index is -3.18. The molecule has 17 heavy (non-hydrogen) atoms. The van der Waals surface area contributed by atoms with Crippen molar-refractivity contribution in [1.29, 1.82) is 0 Å². The van der Waals surface area contributed by atoms with Crippen molar-refractivity contribution in [3.8, 4) is 12.3 Å². The molecular weight excluding hydrogens is 234 g/mol. The Morgan fingerprint density at radius 1 is 1.47 bits per heavy atom. The molecule has 0 heterocycles. The number of terminal acetylenes is 1. The lowest BCUT2D eigenvalue weighted by Gasteiger charge is -2.13. The number of benzene rings is 1. The van der Waals surface area contributed by atoms with Gasteiger partial charge in [0.1, 0.15) is 0 Å². The molecule has 1 aromatic carbocycles. The van der Waals surface area contributed by atoms with Crippen LogP contribution < -0.4 is 5.32 Å². The highest BCUT2D eigenvalue weighted by Crippen LogP contribution is 2.17. The topological polar surface area (TPSA) is 46.2 Å². The first kappa shape index (κ1) is 13.8. The van der Waals surface area contributed by atoms with Crippen LogP contribution in [0.3, 0.4) is 0 Å². The average Bonchev–Trinajstić information content (AvgIpc) is 2.29. The molecule has 1 rings (SSSR count). The zero-order valence-corrected chi connectivity index (χ0v) is 10.9. The minimum Gasteiger partial charge on any atom is -0.300 e. The molecule has 0 spiro atoms. The van der Waals surface area contributed by atoms with Gasteiger partial charge in [-0.25, -0.2) is 8.42 Å². The van der Waals surface area contributed by atoms with Crippen molar-refractivity contribution in [2.45, 2.75) is 24.3 Å². The maximum atomic E-state index is 11.4. The van der Waals surface area contributed by atoms with Gasteiger partial charge in [0.05, 0.1) is 10.9 Å². The highest BCUT2D eigenvalue weighted by atomic mass is 32.2. The van der Waals surface area contributed by atoms with E-state index >= 15 is 0 Å². The monoisotopic (exact) mass is 251 g/mol. The lowest BCUT2D eigenvalue weighted by atomic mass is 10.1. The first-order valence-corrected chi connectivity index (χ1v) is 7.37. The standard InChI is InChI=1S/C13H17NO2S/c1-4-9-14-13(5-2)11-7-6-8-12(10-11)17(3,15)16/h2,6-8,10,13-14H,4,9H2,1,3H3. The van der Waals surface area contributed by atoms with Crippen molar-refractivity contribution in [3.05, 3.63) is 29.8 Å². The number of sulfone groups is 1. The van der Waals surface area contributed by atoms with Crippen molar-refractivity contribution < 1.29 is 8.42 Å². The Labute approximate surface area is 103 Å². The molecule has 3 nitrogen and oxygen atoms in total. The lowest BCUT2D eigenvalue weighted by Crippen LogP contribution is -2.20. The van der Waals surface area contributed by atoms with E-state index in [1.54, 1.807) is 18.2 Å². The van der Waals surface area contributed by atoms with Crippen LogP contribution in [0.2, 0.25) is 0 Å². The first-order valence-electron chi connectivity index (χ1n) is 5.48. The van der Waals surface area contributed by atoms with Crippen molar-refractivity contribution in [2.24, 2.45) is 0 Å². The zero-order valence-electron chi connectivity index (χ0n) is 10.1. The molecule has 0 amide bonds. The Balaban J connectivity index is 3.02. The Morgan fingerprint density at radius 3 is 2.71 bits per heavy atom. The summed E-state index contributed by atoms with van der Waals surface area (Å²) in [6, 6.07) is 6.51. The molecule has 92 valence electrons. The summed E-state index contributed by atoms with van der Waals surface area (Å²) in [6.07, 6.45) is 7.61. The van der Waals surface area contributed by atoms with Gasteiger partial charge in [-0.3, -0.25) is 0 Å². The molecule has 0 aromatic heterocycles. The molecule has 1 atom stereocenters. The van der Waals surface area contributed by atoms with Crippen LogP contribution in [-0.4, -0.2) is 21.2 Å². The molecule has 1 aromatic rings. The van der Waals surface area contributed by atoms with E-state index in [9.17, 15) is 8.42 Å². The van der Waals surface area contributed by atoms with E-state index in [4.69, 9.17) is 6.42 Å². The highest BCUT2D eigenvalue weighted by Gasteiger charge is 2.11. The Morgan fingerprint density at radius 2 is 2.18 bits per heavy atom. The molecule has 0 fully saturated rings. The van der Waals surface area contributed by atoms with E-state index in [0.717, 1.165) is 18.5 Å². The molecule has 1 unspecified atom stereocenters. The summed E-state index contributed by atoms with van der Waals surface area (Å²) in [5.74, 6) is 2.63. The zero-order chi connectivity index (χ0) is 12.9. The van der Waals surface area contributed by atoms with Crippen LogP contribution in [0.4, 0.5) is 0 Å². The smallest absolute Gasteiger partial charge is 0.175 e. The third-order valence-corrected chi connectivity index (χ3v) is 3.49. The average molecular weight is 251 g/mol. The lowest BCUT2D eigenvalue weighted by molar-refractivity contribution is 0.600. The largest absolute Gasteiger partial charge is 0.300 e. The van der Waals surface area contributed by atoms with Gasteiger partial charge in [0.25, 0.3) is 0 Å². The summed E-state index contributed by atoms with van der Waals surface area (Å²) in [4.78, 5) is 0.300. The Bertz CT molecular complexity index is 514. The molecule has 4 heteroatoms. The number of hydrogen-bond donors (Lipinski definition) is 1. The van der Waals surface area contributed by atoms with Crippen LogP contribution in [0.25, 0.3) is 0 Å². The third-order valence-electron chi connectivity index (χ3n) is 2.38. The number of hydrogen-bond acceptors (Lipinski definition) is 3.